The van der Waals surface area contributed by atoms with Crippen molar-refractivity contribution in [1.82, 2.24) is 4.31 Å². The number of benzene rings is 3. The van der Waals surface area contributed by atoms with Crippen molar-refractivity contribution in [3.05, 3.63) is 94.0 Å². The van der Waals surface area contributed by atoms with Gasteiger partial charge < -0.3 is 4.48 Å². The molecule has 4 nitrogen and oxygen atoms in total. The Labute approximate surface area is 232 Å². The molecule has 3 aromatic rings. The Morgan fingerprint density at radius 2 is 1.32 bits per heavy atom. The number of nitrogens with zero attached hydrogens (tertiary/aromatic N) is 2. The Morgan fingerprint density at radius 3 is 1.84 bits per heavy atom. The molecule has 3 aromatic carbocycles. The van der Waals surface area contributed by atoms with Crippen LogP contribution < -0.4 is 5.46 Å². The van der Waals surface area contributed by atoms with Crippen molar-refractivity contribution < 1.29 is 12.9 Å². The average Bonchev–Trinajstić information content (AvgIpc) is 2.84. The largest absolute Gasteiger partial charge is 0.320 e. The fourth-order valence-electron chi connectivity index (χ4n) is 5.70. The van der Waals surface area contributed by atoms with E-state index in [2.05, 4.69) is 77.9 Å². The van der Waals surface area contributed by atoms with E-state index in [0.717, 1.165) is 65.7 Å². The molecule has 3 rings (SSSR count). The van der Waals surface area contributed by atoms with Gasteiger partial charge in [0.15, 0.2) is 0 Å². The Bertz CT molecular complexity index is 1290. The SMILES string of the molecule is Bc1cccc(S(=O)(=O)N(CCCC[N+](CC)(CC)Cc2cc(C)cc(C)c2)Cc2cc(C)cc(C)c2)c1. The minimum atomic E-state index is -3.60. The molecule has 6 heteroatoms. The molecule has 0 aliphatic rings. The second-order valence-corrected chi connectivity index (χ2v) is 13.1. The van der Waals surface area contributed by atoms with Crippen molar-refractivity contribution in [3.8, 4) is 0 Å². The summed E-state index contributed by atoms with van der Waals surface area (Å²) in [5, 5.41) is 0. The van der Waals surface area contributed by atoms with Gasteiger partial charge in [0.25, 0.3) is 0 Å². The third kappa shape index (κ3) is 8.05. The van der Waals surface area contributed by atoms with Crippen LogP contribution in [0.4, 0.5) is 0 Å². The third-order valence-electron chi connectivity index (χ3n) is 7.70. The molecule has 204 valence electrons. The van der Waals surface area contributed by atoms with Crippen molar-refractivity contribution in [2.45, 2.75) is 72.4 Å². The van der Waals surface area contributed by atoms with Gasteiger partial charge in [-0.25, -0.2) is 8.42 Å². The van der Waals surface area contributed by atoms with Crippen LogP contribution in [0.25, 0.3) is 0 Å². The smallest absolute Gasteiger partial charge is 0.243 e. The van der Waals surface area contributed by atoms with Crippen LogP contribution in [0.15, 0.2) is 65.6 Å². The van der Waals surface area contributed by atoms with E-state index >= 15 is 0 Å². The third-order valence-corrected chi connectivity index (χ3v) is 9.54. The van der Waals surface area contributed by atoms with Gasteiger partial charge in [-0.1, -0.05) is 76.2 Å². The first-order valence-electron chi connectivity index (χ1n) is 14.0. The van der Waals surface area contributed by atoms with Crippen LogP contribution in [0.1, 0.15) is 60.1 Å². The standard InChI is InChI=1S/C32H46BN2O2S/c1-7-35(8-2,24-30-20-27(5)17-28(6)21-30)15-10-9-14-34(23-29-18-25(3)16-26(4)19-29)38(36,37)32-13-11-12-31(33)22-32/h11-13,16-22H,7-10,14-15,23-24,33H2,1-6H3/q+1. The number of hydrogen-bond acceptors (Lipinski definition) is 2. The number of unbranched alkanes of at least 4 members (excludes halogenated alkanes) is 1. The summed E-state index contributed by atoms with van der Waals surface area (Å²) >= 11 is 0. The van der Waals surface area contributed by atoms with Crippen molar-refractivity contribution in [3.63, 3.8) is 0 Å². The maximum absolute atomic E-state index is 13.8. The zero-order valence-corrected chi connectivity index (χ0v) is 25.4. The summed E-state index contributed by atoms with van der Waals surface area (Å²) in [4.78, 5) is 0.379. The van der Waals surface area contributed by atoms with Gasteiger partial charge in [-0.3, -0.25) is 0 Å². The van der Waals surface area contributed by atoms with E-state index in [1.165, 1.54) is 16.7 Å². The minimum Gasteiger partial charge on any atom is -0.320 e. The fraction of sp³-hybridized carbons (Fsp3) is 0.438. The van der Waals surface area contributed by atoms with Crippen molar-refractivity contribution in [2.75, 3.05) is 26.2 Å². The Balaban J connectivity index is 1.77. The normalized spacial score (nSPS) is 12.3. The minimum absolute atomic E-state index is 0.379. The van der Waals surface area contributed by atoms with E-state index in [-0.39, 0.29) is 0 Å². The van der Waals surface area contributed by atoms with Crippen LogP contribution in [0, 0.1) is 27.7 Å². The molecule has 0 aliphatic heterocycles. The van der Waals surface area contributed by atoms with Gasteiger partial charge in [0.2, 0.25) is 10.0 Å². The lowest BCUT2D eigenvalue weighted by atomic mass is 9.97. The van der Waals surface area contributed by atoms with Gasteiger partial charge >= 0.3 is 0 Å². The summed E-state index contributed by atoms with van der Waals surface area (Å²) in [6.45, 7) is 18.1. The molecule has 0 fully saturated rings. The summed E-state index contributed by atoms with van der Waals surface area (Å²) in [6, 6.07) is 20.5. The average molecular weight is 534 g/mol. The maximum Gasteiger partial charge on any atom is 0.243 e. The van der Waals surface area contributed by atoms with E-state index in [4.69, 9.17) is 0 Å². The van der Waals surface area contributed by atoms with Crippen molar-refractivity contribution in [1.29, 1.82) is 0 Å². The second-order valence-electron chi connectivity index (χ2n) is 11.2. The molecule has 0 spiro atoms. The first-order chi connectivity index (χ1) is 18.0. The number of quaternary nitrogens is 1. The molecule has 38 heavy (non-hydrogen) atoms. The molecule has 0 heterocycles. The van der Waals surface area contributed by atoms with Gasteiger partial charge in [-0.2, -0.15) is 4.31 Å². The summed E-state index contributed by atoms with van der Waals surface area (Å²) in [7, 11) is -1.66. The first kappa shape index (κ1) is 30.1. The molecule has 0 bridgehead atoms. The van der Waals surface area contributed by atoms with E-state index in [1.807, 2.05) is 20.0 Å². The Hall–Kier alpha value is -2.41. The lowest BCUT2D eigenvalue weighted by Gasteiger charge is -2.37. The van der Waals surface area contributed by atoms with Crippen LogP contribution in [0.2, 0.25) is 0 Å². The van der Waals surface area contributed by atoms with E-state index in [1.54, 1.807) is 16.4 Å². The van der Waals surface area contributed by atoms with Crippen molar-refractivity contribution >= 4 is 23.3 Å². The zero-order chi connectivity index (χ0) is 27.9. The molecule has 0 saturated carbocycles. The van der Waals surface area contributed by atoms with E-state index in [0.29, 0.717) is 18.0 Å². The highest BCUT2D eigenvalue weighted by Gasteiger charge is 2.27. The van der Waals surface area contributed by atoms with Crippen LogP contribution in [-0.4, -0.2) is 51.2 Å². The van der Waals surface area contributed by atoms with Gasteiger partial charge in [0, 0.05) is 18.7 Å². The highest BCUT2D eigenvalue weighted by molar-refractivity contribution is 7.89. The Kier molecular flexibility index (Phi) is 10.4. The summed E-state index contributed by atoms with van der Waals surface area (Å²) < 4.78 is 30.3. The topological polar surface area (TPSA) is 37.4 Å². The van der Waals surface area contributed by atoms with Crippen LogP contribution >= 0.6 is 0 Å². The predicted octanol–water partition coefficient (Wildman–Crippen LogP) is 5.21. The molecular weight excluding hydrogens is 487 g/mol. The maximum atomic E-state index is 13.8. The van der Waals surface area contributed by atoms with Gasteiger partial charge in [0.05, 0.1) is 24.5 Å². The molecule has 0 amide bonds. The highest BCUT2D eigenvalue weighted by atomic mass is 32.2. The molecule has 0 radical (unpaired) electrons. The lowest BCUT2D eigenvalue weighted by Crippen LogP contribution is -2.47. The molecule has 0 saturated heterocycles. The zero-order valence-electron chi connectivity index (χ0n) is 24.5. The summed E-state index contributed by atoms with van der Waals surface area (Å²) in [6.07, 6.45) is 1.82. The molecule has 0 unspecified atom stereocenters. The summed E-state index contributed by atoms with van der Waals surface area (Å²) in [5.74, 6) is 0. The monoisotopic (exact) mass is 533 g/mol. The molecule has 0 atom stereocenters. The van der Waals surface area contributed by atoms with Gasteiger partial charge in [-0.05, 0) is 72.1 Å². The van der Waals surface area contributed by atoms with Gasteiger partial charge in [0.1, 0.15) is 14.4 Å². The highest BCUT2D eigenvalue weighted by Crippen LogP contribution is 2.22. The number of sulfonamides is 1. The number of rotatable bonds is 13. The lowest BCUT2D eigenvalue weighted by molar-refractivity contribution is -0.938. The van der Waals surface area contributed by atoms with Gasteiger partial charge in [-0.15, -0.1) is 0 Å². The Morgan fingerprint density at radius 1 is 0.763 bits per heavy atom. The number of hydrogen-bond donors (Lipinski definition) is 0. The first-order valence-corrected chi connectivity index (χ1v) is 15.5. The predicted molar refractivity (Wildman–Crippen MR) is 163 cm³/mol. The molecule has 0 N–H and O–H groups in total. The number of aryl methyl sites for hydroxylation is 4. The fourth-order valence-corrected chi connectivity index (χ4v) is 7.27. The quantitative estimate of drug-likeness (QED) is 0.172. The van der Waals surface area contributed by atoms with Crippen LogP contribution in [0.3, 0.4) is 0 Å². The molecule has 0 aromatic heterocycles. The van der Waals surface area contributed by atoms with E-state index < -0.39 is 10.0 Å². The second kappa shape index (κ2) is 13.1. The van der Waals surface area contributed by atoms with E-state index in [9.17, 15) is 8.42 Å². The molecule has 0 aliphatic carbocycles. The van der Waals surface area contributed by atoms with Crippen LogP contribution in [-0.2, 0) is 23.1 Å². The summed E-state index contributed by atoms with van der Waals surface area (Å²) in [5.41, 5.74) is 8.34. The molecular formula is C32H46BN2O2S+. The van der Waals surface area contributed by atoms with Crippen LogP contribution in [0.5, 0.6) is 0 Å². The van der Waals surface area contributed by atoms with Crippen molar-refractivity contribution in [2.24, 2.45) is 0 Å².